The summed E-state index contributed by atoms with van der Waals surface area (Å²) < 4.78 is 0. The van der Waals surface area contributed by atoms with Gasteiger partial charge in [-0.15, -0.1) is 0 Å². The van der Waals surface area contributed by atoms with Gasteiger partial charge in [-0.3, -0.25) is 9.78 Å². The molecule has 1 aliphatic rings. The lowest BCUT2D eigenvalue weighted by atomic mass is 9.94. The molecule has 0 spiro atoms. The number of pyridine rings is 1. The fraction of sp³-hybridized carbons (Fsp3) is 0.571. The minimum atomic E-state index is 0.0861. The lowest BCUT2D eigenvalue weighted by molar-refractivity contribution is -0.117. The van der Waals surface area contributed by atoms with Crippen LogP contribution in [0.5, 0.6) is 0 Å². The quantitative estimate of drug-likeness (QED) is 0.863. The van der Waals surface area contributed by atoms with Crippen molar-refractivity contribution in [2.24, 2.45) is 5.92 Å². The third kappa shape index (κ3) is 3.92. The van der Waals surface area contributed by atoms with Crippen LogP contribution in [0.15, 0.2) is 18.5 Å². The first-order valence-electron chi connectivity index (χ1n) is 6.78. The van der Waals surface area contributed by atoms with Crippen LogP contribution in [0.25, 0.3) is 0 Å². The van der Waals surface area contributed by atoms with Gasteiger partial charge in [0, 0.05) is 26.7 Å². The minimum Gasteiger partial charge on any atom is -0.376 e. The van der Waals surface area contributed by atoms with Crippen molar-refractivity contribution in [3.63, 3.8) is 0 Å². The number of amides is 1. The molecular weight excluding hydrogens is 240 g/mol. The Morgan fingerprint density at radius 3 is 2.89 bits per heavy atom. The van der Waals surface area contributed by atoms with Crippen LogP contribution in [0.1, 0.15) is 19.3 Å². The van der Waals surface area contributed by atoms with Gasteiger partial charge in [0.2, 0.25) is 5.91 Å². The Bertz CT molecular complexity index is 427. The van der Waals surface area contributed by atoms with Gasteiger partial charge in [0.1, 0.15) is 0 Å². The average Bonchev–Trinajstić information content (AvgIpc) is 2.40. The molecule has 0 unspecified atom stereocenters. The molecular formula is C14H22N4O. The molecule has 1 fully saturated rings. The van der Waals surface area contributed by atoms with Crippen LogP contribution < -0.4 is 15.5 Å². The van der Waals surface area contributed by atoms with E-state index in [1.165, 1.54) is 0 Å². The van der Waals surface area contributed by atoms with Crippen LogP contribution in [-0.4, -0.2) is 38.1 Å². The van der Waals surface area contributed by atoms with Crippen molar-refractivity contribution in [3.8, 4) is 0 Å². The van der Waals surface area contributed by atoms with Crippen LogP contribution in [0, 0.1) is 5.92 Å². The molecule has 1 aliphatic heterocycles. The molecule has 1 amide bonds. The summed E-state index contributed by atoms with van der Waals surface area (Å²) in [4.78, 5) is 18.1. The van der Waals surface area contributed by atoms with Gasteiger partial charge in [0.25, 0.3) is 0 Å². The predicted octanol–water partition coefficient (Wildman–Crippen LogP) is 1.48. The highest BCUT2D eigenvalue weighted by Gasteiger charge is 2.17. The van der Waals surface area contributed by atoms with Gasteiger partial charge in [0.05, 0.1) is 17.6 Å². The zero-order valence-electron chi connectivity index (χ0n) is 11.6. The third-order valence-electron chi connectivity index (χ3n) is 3.49. The van der Waals surface area contributed by atoms with E-state index in [4.69, 9.17) is 0 Å². The van der Waals surface area contributed by atoms with Crippen molar-refractivity contribution < 1.29 is 4.79 Å². The average molecular weight is 262 g/mol. The number of aromatic nitrogens is 1. The Morgan fingerprint density at radius 2 is 2.21 bits per heavy atom. The van der Waals surface area contributed by atoms with E-state index in [2.05, 4.69) is 15.6 Å². The summed E-state index contributed by atoms with van der Waals surface area (Å²) in [6.07, 6.45) is 6.21. The maximum atomic E-state index is 12.1. The number of carbonyl (C=O) groups excluding carboxylic acids is 1. The minimum absolute atomic E-state index is 0.0861. The van der Waals surface area contributed by atoms with E-state index in [0.717, 1.165) is 37.3 Å². The van der Waals surface area contributed by atoms with E-state index in [1.54, 1.807) is 12.4 Å². The smallest absolute Gasteiger partial charge is 0.224 e. The second-order valence-electron chi connectivity index (χ2n) is 5.23. The van der Waals surface area contributed by atoms with E-state index < -0.39 is 0 Å². The van der Waals surface area contributed by atoms with Gasteiger partial charge >= 0.3 is 0 Å². The van der Waals surface area contributed by atoms with Gasteiger partial charge in [-0.2, -0.15) is 0 Å². The molecule has 19 heavy (non-hydrogen) atoms. The van der Waals surface area contributed by atoms with Crippen molar-refractivity contribution in [1.82, 2.24) is 10.3 Å². The van der Waals surface area contributed by atoms with Crippen molar-refractivity contribution >= 4 is 17.3 Å². The van der Waals surface area contributed by atoms with Crippen LogP contribution in [0.2, 0.25) is 0 Å². The zero-order valence-corrected chi connectivity index (χ0v) is 11.6. The van der Waals surface area contributed by atoms with Crippen molar-refractivity contribution in [3.05, 3.63) is 18.5 Å². The van der Waals surface area contributed by atoms with Crippen molar-refractivity contribution in [2.45, 2.75) is 19.3 Å². The molecule has 5 heteroatoms. The molecule has 1 aromatic rings. The first-order valence-corrected chi connectivity index (χ1v) is 6.78. The largest absolute Gasteiger partial charge is 0.376 e. The summed E-state index contributed by atoms with van der Waals surface area (Å²) in [5.41, 5.74) is 1.76. The number of anilines is 2. The topological polar surface area (TPSA) is 57.3 Å². The van der Waals surface area contributed by atoms with E-state index in [1.807, 2.05) is 25.1 Å². The molecule has 0 bridgehead atoms. The molecule has 104 valence electrons. The highest BCUT2D eigenvalue weighted by molar-refractivity contribution is 5.94. The fourth-order valence-electron chi connectivity index (χ4n) is 2.42. The summed E-state index contributed by atoms with van der Waals surface area (Å²) >= 11 is 0. The first-order chi connectivity index (χ1) is 9.16. The maximum Gasteiger partial charge on any atom is 0.224 e. The molecule has 2 N–H and O–H groups in total. The molecule has 2 rings (SSSR count). The van der Waals surface area contributed by atoms with E-state index in [0.29, 0.717) is 12.3 Å². The SMILES string of the molecule is CN(C)c1ccncc1NC(=O)CC1CCNCC1. The normalized spacial score (nSPS) is 16.1. The van der Waals surface area contributed by atoms with Crippen LogP contribution in [0.4, 0.5) is 11.4 Å². The van der Waals surface area contributed by atoms with E-state index in [-0.39, 0.29) is 5.91 Å². The molecule has 0 atom stereocenters. The van der Waals surface area contributed by atoms with Gasteiger partial charge < -0.3 is 15.5 Å². The standard InChI is InChI=1S/C14H22N4O/c1-18(2)13-5-8-16-10-12(13)17-14(19)9-11-3-6-15-7-4-11/h5,8,10-11,15H,3-4,6-7,9H2,1-2H3,(H,17,19). The number of nitrogens with one attached hydrogen (secondary N) is 2. The Labute approximate surface area is 114 Å². The second-order valence-corrected chi connectivity index (χ2v) is 5.23. The zero-order chi connectivity index (χ0) is 13.7. The van der Waals surface area contributed by atoms with Crippen molar-refractivity contribution in [1.29, 1.82) is 0 Å². The van der Waals surface area contributed by atoms with Crippen LogP contribution in [0.3, 0.4) is 0 Å². The fourth-order valence-corrected chi connectivity index (χ4v) is 2.42. The van der Waals surface area contributed by atoms with Gasteiger partial charge in [0.15, 0.2) is 0 Å². The summed E-state index contributed by atoms with van der Waals surface area (Å²) in [5.74, 6) is 0.587. The molecule has 1 aromatic heterocycles. The van der Waals surface area contributed by atoms with Gasteiger partial charge in [-0.05, 0) is 37.9 Å². The molecule has 0 radical (unpaired) electrons. The summed E-state index contributed by atoms with van der Waals surface area (Å²) in [5, 5.41) is 6.29. The number of nitrogens with zero attached hydrogens (tertiary/aromatic N) is 2. The van der Waals surface area contributed by atoms with Crippen LogP contribution >= 0.6 is 0 Å². The predicted molar refractivity (Wildman–Crippen MR) is 77.4 cm³/mol. The van der Waals surface area contributed by atoms with E-state index >= 15 is 0 Å². The number of rotatable bonds is 4. The molecule has 5 nitrogen and oxygen atoms in total. The Balaban J connectivity index is 1.94. The number of carbonyl (C=O) groups is 1. The first kappa shape index (κ1) is 13.8. The number of hydrogen-bond donors (Lipinski definition) is 2. The monoisotopic (exact) mass is 262 g/mol. The summed E-state index contributed by atoms with van der Waals surface area (Å²) in [6, 6.07) is 1.90. The van der Waals surface area contributed by atoms with Gasteiger partial charge in [-0.25, -0.2) is 0 Å². The molecule has 2 heterocycles. The number of piperidine rings is 1. The summed E-state index contributed by atoms with van der Waals surface area (Å²) in [7, 11) is 3.91. The molecule has 0 aliphatic carbocycles. The molecule has 0 saturated carbocycles. The van der Waals surface area contributed by atoms with Gasteiger partial charge in [-0.1, -0.05) is 0 Å². The Hall–Kier alpha value is -1.62. The highest BCUT2D eigenvalue weighted by atomic mass is 16.1. The summed E-state index contributed by atoms with van der Waals surface area (Å²) in [6.45, 7) is 2.04. The number of hydrogen-bond acceptors (Lipinski definition) is 4. The van der Waals surface area contributed by atoms with Crippen molar-refractivity contribution in [2.75, 3.05) is 37.4 Å². The second kappa shape index (κ2) is 6.52. The highest BCUT2D eigenvalue weighted by Crippen LogP contribution is 2.23. The lowest BCUT2D eigenvalue weighted by Crippen LogP contribution is -2.30. The molecule has 1 saturated heterocycles. The van der Waals surface area contributed by atoms with Crippen LogP contribution in [-0.2, 0) is 4.79 Å². The maximum absolute atomic E-state index is 12.1. The lowest BCUT2D eigenvalue weighted by Gasteiger charge is -2.22. The van der Waals surface area contributed by atoms with E-state index in [9.17, 15) is 4.79 Å². The third-order valence-corrected chi connectivity index (χ3v) is 3.49. The Kier molecular flexibility index (Phi) is 4.74. The molecule has 0 aromatic carbocycles. The Morgan fingerprint density at radius 1 is 1.47 bits per heavy atom.